The summed E-state index contributed by atoms with van der Waals surface area (Å²) in [6, 6.07) is -0.782. The highest BCUT2D eigenvalue weighted by Gasteiger charge is 2.21. The number of carbonyl (C=O) groups excluding carboxylic acids is 1. The zero-order valence-electron chi connectivity index (χ0n) is 9.42. The minimum atomic E-state index is -3.42. The highest BCUT2D eigenvalue weighted by Crippen LogP contribution is 2.06. The molecule has 0 spiro atoms. The van der Waals surface area contributed by atoms with E-state index in [9.17, 15) is 13.2 Å². The van der Waals surface area contributed by atoms with Gasteiger partial charge < -0.3 is 15.9 Å². The molecule has 98 valence electrons. The maximum Gasteiger partial charge on any atom is 0.322 e. The molecular formula is C8H16N4O4S. The highest BCUT2D eigenvalue weighted by atomic mass is 32.2. The average molecular weight is 264 g/mol. The normalized spacial score (nSPS) is 16.7. The fourth-order valence-electron chi connectivity index (χ4n) is 1.26. The summed E-state index contributed by atoms with van der Waals surface area (Å²) in [4.78, 5) is 11.0. The second-order valence-corrected chi connectivity index (χ2v) is 5.42. The Bertz CT molecular complexity index is 394. The summed E-state index contributed by atoms with van der Waals surface area (Å²) in [5, 5.41) is 0. The first kappa shape index (κ1) is 13.7. The van der Waals surface area contributed by atoms with Crippen LogP contribution in [0.3, 0.4) is 0 Å². The van der Waals surface area contributed by atoms with E-state index in [2.05, 4.69) is 15.7 Å². The Balaban J connectivity index is 2.35. The van der Waals surface area contributed by atoms with Crippen LogP contribution in [0.2, 0.25) is 0 Å². The predicted molar refractivity (Wildman–Crippen MR) is 60.3 cm³/mol. The zero-order chi connectivity index (χ0) is 12.9. The van der Waals surface area contributed by atoms with Gasteiger partial charge in [-0.2, -0.15) is 4.41 Å². The number of esters is 1. The first-order valence-corrected chi connectivity index (χ1v) is 6.61. The number of hydrogen-bond donors (Lipinski definition) is 3. The standard InChI is InChI=1S/C8H16N4O4S/c1-16-8(13)7(9)3-2-6-17(14,15)12-5-4-10-11-12/h4-5,7,10-11H,2-3,6,9H2,1H3/t7-/m0/s1. The Morgan fingerprint density at radius 1 is 1.59 bits per heavy atom. The first-order valence-electron chi connectivity index (χ1n) is 5.01. The van der Waals surface area contributed by atoms with E-state index in [1.165, 1.54) is 19.5 Å². The molecule has 0 aromatic heterocycles. The maximum absolute atomic E-state index is 11.7. The number of carbonyl (C=O) groups is 1. The van der Waals surface area contributed by atoms with Crippen LogP contribution < -0.4 is 16.7 Å². The third-order valence-electron chi connectivity index (χ3n) is 2.19. The van der Waals surface area contributed by atoms with Crippen LogP contribution in [-0.4, -0.2) is 37.7 Å². The van der Waals surface area contributed by atoms with E-state index < -0.39 is 22.0 Å². The summed E-state index contributed by atoms with van der Waals surface area (Å²) in [6.45, 7) is 0. The minimum absolute atomic E-state index is 0.100. The third kappa shape index (κ3) is 3.88. The first-order chi connectivity index (χ1) is 7.97. The number of nitrogens with two attached hydrogens (primary N) is 1. The minimum Gasteiger partial charge on any atom is -0.468 e. The molecule has 0 fully saturated rings. The average Bonchev–Trinajstić information content (AvgIpc) is 2.81. The molecule has 0 amide bonds. The molecule has 9 heteroatoms. The van der Waals surface area contributed by atoms with E-state index in [0.717, 1.165) is 4.41 Å². The quantitative estimate of drug-likeness (QED) is 0.495. The molecule has 1 heterocycles. The molecule has 0 aliphatic carbocycles. The van der Waals surface area contributed by atoms with Crippen LogP contribution in [0.15, 0.2) is 12.4 Å². The van der Waals surface area contributed by atoms with Crippen LogP contribution in [0.5, 0.6) is 0 Å². The zero-order valence-corrected chi connectivity index (χ0v) is 10.2. The Morgan fingerprint density at radius 3 is 2.82 bits per heavy atom. The van der Waals surface area contributed by atoms with E-state index >= 15 is 0 Å². The molecule has 0 aromatic carbocycles. The fraction of sp³-hybridized carbons (Fsp3) is 0.625. The number of hydrazine groups is 2. The Morgan fingerprint density at radius 2 is 2.29 bits per heavy atom. The summed E-state index contributed by atoms with van der Waals surface area (Å²) in [7, 11) is -2.18. The Kier molecular flexibility index (Phi) is 4.73. The van der Waals surface area contributed by atoms with E-state index in [0.29, 0.717) is 0 Å². The van der Waals surface area contributed by atoms with Crippen molar-refractivity contribution in [2.24, 2.45) is 5.73 Å². The molecule has 0 unspecified atom stereocenters. The van der Waals surface area contributed by atoms with Gasteiger partial charge in [0.1, 0.15) is 6.04 Å². The van der Waals surface area contributed by atoms with Crippen LogP contribution in [0.1, 0.15) is 12.8 Å². The lowest BCUT2D eigenvalue weighted by Crippen LogP contribution is -2.41. The molecule has 4 N–H and O–H groups in total. The molecule has 0 aromatic rings. The van der Waals surface area contributed by atoms with Crippen LogP contribution in [0, 0.1) is 0 Å². The number of sulfonamides is 1. The fourth-order valence-corrected chi connectivity index (χ4v) is 2.42. The molecule has 1 aliphatic heterocycles. The molecule has 0 radical (unpaired) electrons. The second kappa shape index (κ2) is 5.84. The van der Waals surface area contributed by atoms with Crippen molar-refractivity contribution in [3.05, 3.63) is 12.4 Å². The SMILES string of the molecule is COC(=O)[C@@H](N)CCCS(=O)(=O)N1C=CNN1. The molecule has 0 bridgehead atoms. The smallest absolute Gasteiger partial charge is 0.322 e. The summed E-state index contributed by atoms with van der Waals surface area (Å²) in [6.07, 6.45) is 3.36. The second-order valence-electron chi connectivity index (χ2n) is 3.46. The van der Waals surface area contributed by atoms with E-state index in [4.69, 9.17) is 5.73 Å². The van der Waals surface area contributed by atoms with Gasteiger partial charge in [0.05, 0.1) is 19.1 Å². The van der Waals surface area contributed by atoms with Gasteiger partial charge in [0, 0.05) is 6.20 Å². The van der Waals surface area contributed by atoms with Crippen molar-refractivity contribution in [1.82, 2.24) is 15.4 Å². The third-order valence-corrected chi connectivity index (χ3v) is 3.81. The van der Waals surface area contributed by atoms with Crippen molar-refractivity contribution in [1.29, 1.82) is 0 Å². The van der Waals surface area contributed by atoms with Gasteiger partial charge in [0.25, 0.3) is 0 Å². The number of rotatable bonds is 6. The predicted octanol–water partition coefficient (Wildman–Crippen LogP) is -1.61. The number of methoxy groups -OCH3 is 1. The van der Waals surface area contributed by atoms with Gasteiger partial charge in [-0.15, -0.1) is 5.53 Å². The van der Waals surface area contributed by atoms with Gasteiger partial charge in [-0.05, 0) is 12.8 Å². The Hall–Kier alpha value is -1.32. The largest absolute Gasteiger partial charge is 0.468 e. The van der Waals surface area contributed by atoms with Crippen molar-refractivity contribution in [2.75, 3.05) is 12.9 Å². The summed E-state index contributed by atoms with van der Waals surface area (Å²) < 4.78 is 28.7. The van der Waals surface area contributed by atoms with Crippen molar-refractivity contribution >= 4 is 16.0 Å². The lowest BCUT2D eigenvalue weighted by molar-refractivity contribution is -0.142. The molecule has 8 nitrogen and oxygen atoms in total. The highest BCUT2D eigenvalue weighted by molar-refractivity contribution is 7.89. The van der Waals surface area contributed by atoms with Crippen LogP contribution in [-0.2, 0) is 19.6 Å². The van der Waals surface area contributed by atoms with E-state index in [-0.39, 0.29) is 18.6 Å². The monoisotopic (exact) mass is 264 g/mol. The van der Waals surface area contributed by atoms with Crippen molar-refractivity contribution < 1.29 is 17.9 Å². The molecular weight excluding hydrogens is 248 g/mol. The van der Waals surface area contributed by atoms with Gasteiger partial charge in [0.2, 0.25) is 10.0 Å². The maximum atomic E-state index is 11.7. The van der Waals surface area contributed by atoms with E-state index in [1.807, 2.05) is 0 Å². The molecule has 0 saturated heterocycles. The molecule has 1 atom stereocenters. The van der Waals surface area contributed by atoms with Gasteiger partial charge >= 0.3 is 5.97 Å². The number of nitrogens with one attached hydrogen (secondary N) is 2. The van der Waals surface area contributed by atoms with Crippen molar-refractivity contribution in [2.45, 2.75) is 18.9 Å². The molecule has 1 aliphatic rings. The van der Waals surface area contributed by atoms with Crippen LogP contribution >= 0.6 is 0 Å². The number of hydrogen-bond acceptors (Lipinski definition) is 7. The lowest BCUT2D eigenvalue weighted by atomic mass is 10.2. The van der Waals surface area contributed by atoms with Crippen molar-refractivity contribution in [3.8, 4) is 0 Å². The van der Waals surface area contributed by atoms with Crippen LogP contribution in [0.25, 0.3) is 0 Å². The molecule has 0 saturated carbocycles. The van der Waals surface area contributed by atoms with Crippen molar-refractivity contribution in [3.63, 3.8) is 0 Å². The number of nitrogens with zero attached hydrogens (tertiary/aromatic N) is 1. The van der Waals surface area contributed by atoms with Gasteiger partial charge in [-0.1, -0.05) is 0 Å². The lowest BCUT2D eigenvalue weighted by Gasteiger charge is -2.16. The van der Waals surface area contributed by atoms with Gasteiger partial charge in [0.15, 0.2) is 0 Å². The summed E-state index contributed by atoms with van der Waals surface area (Å²) >= 11 is 0. The topological polar surface area (TPSA) is 114 Å². The van der Waals surface area contributed by atoms with Gasteiger partial charge in [-0.25, -0.2) is 8.42 Å². The molecule has 17 heavy (non-hydrogen) atoms. The Labute approximate surface area is 99.8 Å². The summed E-state index contributed by atoms with van der Waals surface area (Å²) in [5.74, 6) is -0.639. The van der Waals surface area contributed by atoms with Gasteiger partial charge in [-0.3, -0.25) is 4.79 Å². The van der Waals surface area contributed by atoms with Crippen LogP contribution in [0.4, 0.5) is 0 Å². The molecule has 1 rings (SSSR count). The summed E-state index contributed by atoms with van der Waals surface area (Å²) in [5.41, 5.74) is 10.4. The van der Waals surface area contributed by atoms with E-state index in [1.54, 1.807) is 0 Å². The number of ether oxygens (including phenoxy) is 1.